The predicted octanol–water partition coefficient (Wildman–Crippen LogP) is 2.36. The number of fused-ring (bicyclic) bond motifs is 2. The minimum absolute atomic E-state index is 0.408. The molecule has 1 atom stereocenters. The van der Waals surface area contributed by atoms with Crippen molar-refractivity contribution >= 4 is 0 Å². The van der Waals surface area contributed by atoms with Gasteiger partial charge in [-0.3, -0.25) is 4.98 Å². The van der Waals surface area contributed by atoms with E-state index in [9.17, 15) is 5.11 Å². The molecule has 1 aromatic heterocycles. The van der Waals surface area contributed by atoms with E-state index in [0.717, 1.165) is 28.1 Å². The molecule has 0 fully saturated rings. The zero-order chi connectivity index (χ0) is 11.8. The van der Waals surface area contributed by atoms with Gasteiger partial charge in [0, 0.05) is 17.3 Å². The number of aryl methyl sites for hydroxylation is 1. The van der Waals surface area contributed by atoms with Gasteiger partial charge in [-0.25, -0.2) is 0 Å². The van der Waals surface area contributed by atoms with Crippen LogP contribution in [0.15, 0.2) is 36.5 Å². The van der Waals surface area contributed by atoms with Crippen molar-refractivity contribution in [3.63, 3.8) is 0 Å². The third-order valence-electron chi connectivity index (χ3n) is 3.11. The molecule has 0 unspecified atom stereocenters. The molecule has 2 aromatic rings. The first-order valence-electron chi connectivity index (χ1n) is 5.61. The fraction of sp³-hybridized carbons (Fsp3) is 0.214. The second-order valence-electron chi connectivity index (χ2n) is 4.22. The van der Waals surface area contributed by atoms with Crippen molar-refractivity contribution in [3.05, 3.63) is 58.9 Å². The smallest absolute Gasteiger partial charge is 0.131 e. The van der Waals surface area contributed by atoms with Gasteiger partial charge in [-0.1, -0.05) is 24.3 Å². The van der Waals surface area contributed by atoms with Crippen molar-refractivity contribution in [1.82, 2.24) is 4.98 Å². The van der Waals surface area contributed by atoms with E-state index in [1.54, 1.807) is 6.20 Å². The van der Waals surface area contributed by atoms with Crippen molar-refractivity contribution in [1.29, 1.82) is 0 Å². The molecular formula is C14H13NO2. The van der Waals surface area contributed by atoms with Crippen LogP contribution in [-0.2, 0) is 6.61 Å². The molecule has 0 aliphatic carbocycles. The Morgan fingerprint density at radius 3 is 2.94 bits per heavy atom. The third kappa shape index (κ3) is 1.59. The summed E-state index contributed by atoms with van der Waals surface area (Å²) in [6.45, 7) is 2.39. The van der Waals surface area contributed by atoms with Crippen LogP contribution in [0.3, 0.4) is 0 Å². The number of ether oxygens (including phenoxy) is 1. The van der Waals surface area contributed by atoms with Crippen LogP contribution in [0.5, 0.6) is 5.75 Å². The number of hydrogen-bond donors (Lipinski definition) is 1. The Bertz CT molecular complexity index is 566. The van der Waals surface area contributed by atoms with Crippen molar-refractivity contribution < 1.29 is 9.84 Å². The van der Waals surface area contributed by atoms with E-state index in [2.05, 4.69) is 4.98 Å². The fourth-order valence-electron chi connectivity index (χ4n) is 2.22. The van der Waals surface area contributed by atoms with Crippen LogP contribution in [0, 0.1) is 6.92 Å². The van der Waals surface area contributed by atoms with Gasteiger partial charge in [0.1, 0.15) is 18.5 Å². The van der Waals surface area contributed by atoms with Crippen LogP contribution in [0.4, 0.5) is 0 Å². The lowest BCUT2D eigenvalue weighted by Crippen LogP contribution is -2.02. The first kappa shape index (κ1) is 10.3. The number of rotatable bonds is 0. The molecule has 3 nitrogen and oxygen atoms in total. The third-order valence-corrected chi connectivity index (χ3v) is 3.11. The summed E-state index contributed by atoms with van der Waals surface area (Å²) in [6.07, 6.45) is 1.06. The van der Waals surface area contributed by atoms with E-state index in [1.165, 1.54) is 0 Å². The number of para-hydroxylation sites is 1. The molecule has 0 saturated heterocycles. The van der Waals surface area contributed by atoms with Crippen LogP contribution in [0.2, 0.25) is 0 Å². The maximum Gasteiger partial charge on any atom is 0.131 e. The van der Waals surface area contributed by atoms with Crippen LogP contribution in [0.25, 0.3) is 0 Å². The minimum Gasteiger partial charge on any atom is -0.487 e. The van der Waals surface area contributed by atoms with Crippen LogP contribution in [-0.4, -0.2) is 10.1 Å². The van der Waals surface area contributed by atoms with Gasteiger partial charge in [0.15, 0.2) is 0 Å². The van der Waals surface area contributed by atoms with E-state index >= 15 is 0 Å². The molecule has 86 valence electrons. The van der Waals surface area contributed by atoms with Crippen molar-refractivity contribution in [2.45, 2.75) is 19.6 Å². The highest BCUT2D eigenvalue weighted by Crippen LogP contribution is 2.36. The summed E-state index contributed by atoms with van der Waals surface area (Å²) in [5.74, 6) is 0.776. The standard InChI is InChI=1S/C14H13NO2/c1-9-4-2-5-11-13(16)10-6-3-7-15-12(10)8-17-14(9)11/h2-7,13,16H,8H2,1H3/t13-/m1/s1. The molecule has 2 heterocycles. The number of benzene rings is 1. The highest BCUT2D eigenvalue weighted by molar-refractivity contribution is 5.47. The average Bonchev–Trinajstić information content (AvgIpc) is 2.50. The van der Waals surface area contributed by atoms with E-state index in [0.29, 0.717) is 6.61 Å². The largest absolute Gasteiger partial charge is 0.487 e. The number of aliphatic hydroxyl groups is 1. The first-order chi connectivity index (χ1) is 8.27. The Morgan fingerprint density at radius 2 is 2.06 bits per heavy atom. The summed E-state index contributed by atoms with van der Waals surface area (Å²) in [7, 11) is 0. The molecule has 0 bridgehead atoms. The van der Waals surface area contributed by atoms with Crippen LogP contribution >= 0.6 is 0 Å². The normalized spacial score (nSPS) is 17.6. The molecule has 3 rings (SSSR count). The van der Waals surface area contributed by atoms with Gasteiger partial charge in [0.25, 0.3) is 0 Å². The Hall–Kier alpha value is -1.87. The van der Waals surface area contributed by atoms with Crippen molar-refractivity contribution in [2.75, 3.05) is 0 Å². The lowest BCUT2D eigenvalue weighted by atomic mass is 9.99. The Labute approximate surface area is 99.7 Å². The lowest BCUT2D eigenvalue weighted by molar-refractivity contribution is 0.218. The quantitative estimate of drug-likeness (QED) is 0.751. The monoisotopic (exact) mass is 227 g/mol. The van der Waals surface area contributed by atoms with Gasteiger partial charge in [-0.05, 0) is 18.6 Å². The lowest BCUT2D eigenvalue weighted by Gasteiger charge is -2.13. The second-order valence-corrected chi connectivity index (χ2v) is 4.22. The summed E-state index contributed by atoms with van der Waals surface area (Å²) in [5, 5.41) is 10.4. The second kappa shape index (κ2) is 3.86. The SMILES string of the molecule is Cc1cccc2c1OCc1ncccc1[C@H]2O. The van der Waals surface area contributed by atoms with E-state index < -0.39 is 6.10 Å². The van der Waals surface area contributed by atoms with E-state index in [1.807, 2.05) is 37.3 Å². The molecule has 0 spiro atoms. The highest BCUT2D eigenvalue weighted by atomic mass is 16.5. The Balaban J connectivity index is 2.20. The molecule has 3 heteroatoms. The number of pyridine rings is 1. The molecule has 0 amide bonds. The summed E-state index contributed by atoms with van der Waals surface area (Å²) < 4.78 is 5.75. The van der Waals surface area contributed by atoms with E-state index in [4.69, 9.17) is 4.74 Å². The maximum absolute atomic E-state index is 10.4. The minimum atomic E-state index is -0.656. The highest BCUT2D eigenvalue weighted by Gasteiger charge is 2.23. The number of aromatic nitrogens is 1. The van der Waals surface area contributed by atoms with Crippen LogP contribution < -0.4 is 4.74 Å². The Kier molecular flexibility index (Phi) is 2.34. The summed E-state index contributed by atoms with van der Waals surface area (Å²) in [5.41, 5.74) is 3.48. The number of aliphatic hydroxyl groups excluding tert-OH is 1. The first-order valence-corrected chi connectivity index (χ1v) is 5.61. The van der Waals surface area contributed by atoms with Crippen molar-refractivity contribution in [3.8, 4) is 5.75 Å². The molecule has 1 aromatic carbocycles. The van der Waals surface area contributed by atoms with Crippen molar-refractivity contribution in [2.24, 2.45) is 0 Å². The summed E-state index contributed by atoms with van der Waals surface area (Å²) in [6, 6.07) is 9.54. The van der Waals surface area contributed by atoms with E-state index in [-0.39, 0.29) is 0 Å². The van der Waals surface area contributed by atoms with Gasteiger partial charge in [-0.15, -0.1) is 0 Å². The molecule has 1 aliphatic heterocycles. The zero-order valence-electron chi connectivity index (χ0n) is 9.55. The predicted molar refractivity (Wildman–Crippen MR) is 63.8 cm³/mol. The molecule has 1 N–H and O–H groups in total. The summed E-state index contributed by atoms with van der Waals surface area (Å²) >= 11 is 0. The number of nitrogens with zero attached hydrogens (tertiary/aromatic N) is 1. The van der Waals surface area contributed by atoms with Crippen LogP contribution in [0.1, 0.15) is 28.5 Å². The molecule has 0 saturated carbocycles. The number of hydrogen-bond acceptors (Lipinski definition) is 3. The maximum atomic E-state index is 10.4. The van der Waals surface area contributed by atoms with Gasteiger partial charge in [0.05, 0.1) is 5.69 Å². The molecule has 0 radical (unpaired) electrons. The fourth-order valence-corrected chi connectivity index (χ4v) is 2.22. The average molecular weight is 227 g/mol. The topological polar surface area (TPSA) is 42.4 Å². The van der Waals surface area contributed by atoms with Gasteiger partial charge in [-0.2, -0.15) is 0 Å². The Morgan fingerprint density at radius 1 is 1.24 bits per heavy atom. The molecule has 1 aliphatic rings. The zero-order valence-corrected chi connectivity index (χ0v) is 9.55. The molecule has 17 heavy (non-hydrogen) atoms. The van der Waals surface area contributed by atoms with Gasteiger partial charge < -0.3 is 9.84 Å². The molecular weight excluding hydrogens is 214 g/mol. The van der Waals surface area contributed by atoms with Gasteiger partial charge >= 0.3 is 0 Å². The van der Waals surface area contributed by atoms with Gasteiger partial charge in [0.2, 0.25) is 0 Å². The summed E-state index contributed by atoms with van der Waals surface area (Å²) in [4.78, 5) is 4.26.